The van der Waals surface area contributed by atoms with Crippen molar-refractivity contribution < 1.29 is 28.4 Å². The predicted molar refractivity (Wildman–Crippen MR) is 228 cm³/mol. The quantitative estimate of drug-likeness (QED) is 0.0275. The summed E-state index contributed by atoms with van der Waals surface area (Å²) in [6.45, 7) is 7.19. The third kappa shape index (κ3) is 15.5. The summed E-state index contributed by atoms with van der Waals surface area (Å²) in [7, 11) is 4.03. The van der Waals surface area contributed by atoms with Crippen molar-refractivity contribution in [3.8, 4) is 17.2 Å². The van der Waals surface area contributed by atoms with Gasteiger partial charge in [-0.25, -0.2) is 14.2 Å². The number of pyridine rings is 1. The first-order valence-electron chi connectivity index (χ1n) is 21.3. The number of rotatable bonds is 26. The monoisotopic (exact) mass is 764 g/mol. The van der Waals surface area contributed by atoms with Crippen LogP contribution in [0.15, 0.2) is 85.2 Å². The molecule has 4 rings (SSSR count). The lowest BCUT2D eigenvalue weighted by atomic mass is 10.0. The van der Waals surface area contributed by atoms with Crippen LogP contribution in [0.25, 0.3) is 0 Å². The summed E-state index contributed by atoms with van der Waals surface area (Å²) >= 11 is 0. The van der Waals surface area contributed by atoms with Gasteiger partial charge in [0.25, 0.3) is 0 Å². The van der Waals surface area contributed by atoms with Gasteiger partial charge in [-0.1, -0.05) is 115 Å². The highest BCUT2D eigenvalue weighted by Gasteiger charge is 2.17. The van der Waals surface area contributed by atoms with E-state index >= 15 is 0 Å². The van der Waals surface area contributed by atoms with E-state index in [-0.39, 0.29) is 0 Å². The Morgan fingerprint density at radius 1 is 0.554 bits per heavy atom. The Hall–Kier alpha value is -4.65. The van der Waals surface area contributed by atoms with Crippen molar-refractivity contribution in [3.63, 3.8) is 0 Å². The Kier molecular flexibility index (Phi) is 19.5. The first-order valence-corrected chi connectivity index (χ1v) is 21.3. The van der Waals surface area contributed by atoms with Crippen LogP contribution in [-0.2, 0) is 13.0 Å². The van der Waals surface area contributed by atoms with E-state index < -0.39 is 11.9 Å². The molecular formula is C49H67N2O5+. The second-order valence-corrected chi connectivity index (χ2v) is 15.4. The highest BCUT2D eigenvalue weighted by atomic mass is 16.5. The zero-order valence-electron chi connectivity index (χ0n) is 35.0. The van der Waals surface area contributed by atoms with Crippen molar-refractivity contribution in [2.24, 2.45) is 0 Å². The largest absolute Gasteiger partial charge is 0.487 e. The molecule has 0 spiro atoms. The Morgan fingerprint density at radius 3 is 1.43 bits per heavy atom. The average molecular weight is 764 g/mol. The molecule has 0 saturated heterocycles. The minimum Gasteiger partial charge on any atom is -0.487 e. The lowest BCUT2D eigenvalue weighted by molar-refractivity contribution is -0.697. The SMILES string of the molecule is CCCCCCCCCCCCCCCCCCc1ccc(C(=O)Oc2ccc(OC(=O)c3ccc(OCC[n+]4ccc(N(C)C)cc4)cc3)c(C)c2C)cc1. The van der Waals surface area contributed by atoms with Crippen LogP contribution in [0, 0.1) is 13.8 Å². The minimum absolute atomic E-state index is 0.408. The fourth-order valence-electron chi connectivity index (χ4n) is 6.85. The Bertz CT molecular complexity index is 1730. The predicted octanol–water partition coefficient (Wildman–Crippen LogP) is 12.0. The summed E-state index contributed by atoms with van der Waals surface area (Å²) in [5.74, 6) is 0.658. The summed E-state index contributed by atoms with van der Waals surface area (Å²) < 4.78 is 19.5. The first-order chi connectivity index (χ1) is 27.2. The maximum atomic E-state index is 13.0. The molecule has 0 aliphatic rings. The Labute approximate surface area is 337 Å². The van der Waals surface area contributed by atoms with E-state index in [4.69, 9.17) is 14.2 Å². The van der Waals surface area contributed by atoms with E-state index in [9.17, 15) is 9.59 Å². The number of aryl methyl sites for hydroxylation is 1. The van der Waals surface area contributed by atoms with Gasteiger partial charge in [-0.05, 0) is 91.9 Å². The van der Waals surface area contributed by atoms with Gasteiger partial charge in [-0.3, -0.25) is 0 Å². The van der Waals surface area contributed by atoms with Gasteiger partial charge in [0.1, 0.15) is 23.9 Å². The molecule has 0 radical (unpaired) electrons. The lowest BCUT2D eigenvalue weighted by Gasteiger charge is -2.14. The molecule has 0 amide bonds. The normalized spacial score (nSPS) is 11.0. The van der Waals surface area contributed by atoms with Crippen LogP contribution in [0.4, 0.5) is 5.69 Å². The molecule has 0 atom stereocenters. The van der Waals surface area contributed by atoms with Gasteiger partial charge < -0.3 is 19.1 Å². The zero-order valence-corrected chi connectivity index (χ0v) is 35.0. The van der Waals surface area contributed by atoms with Crippen LogP contribution in [0.5, 0.6) is 17.2 Å². The van der Waals surface area contributed by atoms with E-state index in [2.05, 4.69) is 28.5 Å². The number of carbonyl (C=O) groups excluding carboxylic acids is 2. The number of aromatic nitrogens is 1. The van der Waals surface area contributed by atoms with Crippen molar-refractivity contribution in [2.45, 2.75) is 136 Å². The van der Waals surface area contributed by atoms with Crippen LogP contribution in [0.3, 0.4) is 0 Å². The van der Waals surface area contributed by atoms with Gasteiger partial charge in [0.05, 0.1) is 11.1 Å². The van der Waals surface area contributed by atoms with Crippen molar-refractivity contribution in [1.82, 2.24) is 0 Å². The van der Waals surface area contributed by atoms with Gasteiger partial charge in [0, 0.05) is 31.9 Å². The van der Waals surface area contributed by atoms with E-state index in [1.807, 2.05) is 64.6 Å². The average Bonchev–Trinajstić information content (AvgIpc) is 3.21. The van der Waals surface area contributed by atoms with E-state index in [0.717, 1.165) is 23.2 Å². The number of anilines is 1. The number of benzene rings is 3. The van der Waals surface area contributed by atoms with Gasteiger partial charge in [0.2, 0.25) is 0 Å². The van der Waals surface area contributed by atoms with Crippen molar-refractivity contribution >= 4 is 17.6 Å². The molecule has 3 aromatic carbocycles. The molecular weight excluding hydrogens is 697 g/mol. The fraction of sp³-hybridized carbons (Fsp3) is 0.490. The summed E-state index contributed by atoms with van der Waals surface area (Å²) in [5.41, 5.74) is 4.78. The molecule has 1 aromatic heterocycles. The molecule has 0 fully saturated rings. The molecule has 7 heteroatoms. The zero-order chi connectivity index (χ0) is 40.0. The fourth-order valence-corrected chi connectivity index (χ4v) is 6.85. The third-order valence-electron chi connectivity index (χ3n) is 10.7. The summed E-state index contributed by atoms with van der Waals surface area (Å²) in [4.78, 5) is 28.1. The molecule has 0 aliphatic heterocycles. The van der Waals surface area contributed by atoms with Gasteiger partial charge in [-0.15, -0.1) is 0 Å². The standard InChI is InChI=1S/C49H67N2O5/c1-6-7-8-9-10-11-12-13-14-15-16-17-18-19-20-21-22-41-23-25-42(26-24-41)48(52)55-46-31-32-47(40(3)39(46)2)56-49(53)43-27-29-45(30-28-43)54-38-37-51-35-33-44(34-36-51)50(4)5/h23-36H,6-22,37-38H2,1-5H3/q+1. The van der Waals surface area contributed by atoms with Crippen molar-refractivity contribution in [1.29, 1.82) is 0 Å². The van der Waals surface area contributed by atoms with E-state index in [0.29, 0.717) is 41.5 Å². The Morgan fingerprint density at radius 2 is 0.982 bits per heavy atom. The molecule has 1 heterocycles. The minimum atomic E-state index is -0.472. The number of esters is 2. The maximum absolute atomic E-state index is 13.0. The molecule has 0 saturated carbocycles. The number of nitrogens with zero attached hydrogens (tertiary/aromatic N) is 2. The molecule has 302 valence electrons. The van der Waals surface area contributed by atoms with E-state index in [1.54, 1.807) is 36.4 Å². The smallest absolute Gasteiger partial charge is 0.343 e. The third-order valence-corrected chi connectivity index (χ3v) is 10.7. The number of hydrogen-bond acceptors (Lipinski definition) is 6. The van der Waals surface area contributed by atoms with Crippen LogP contribution < -0.4 is 23.7 Å². The molecule has 0 N–H and O–H groups in total. The Balaban J connectivity index is 1.11. The number of unbranched alkanes of at least 4 members (excludes halogenated alkanes) is 15. The second kappa shape index (κ2) is 24.8. The lowest BCUT2D eigenvalue weighted by Crippen LogP contribution is -2.35. The molecule has 0 bridgehead atoms. The number of ether oxygens (including phenoxy) is 3. The highest BCUT2D eigenvalue weighted by Crippen LogP contribution is 2.30. The maximum Gasteiger partial charge on any atom is 0.343 e. The molecule has 4 aromatic rings. The van der Waals surface area contributed by atoms with Gasteiger partial charge in [0.15, 0.2) is 18.9 Å². The summed E-state index contributed by atoms with van der Waals surface area (Å²) in [6.07, 6.45) is 27.0. The van der Waals surface area contributed by atoms with Crippen LogP contribution in [0.2, 0.25) is 0 Å². The van der Waals surface area contributed by atoms with Crippen LogP contribution >= 0.6 is 0 Å². The molecule has 56 heavy (non-hydrogen) atoms. The molecule has 0 unspecified atom stereocenters. The first kappa shape index (κ1) is 44.1. The summed E-state index contributed by atoms with van der Waals surface area (Å²) in [6, 6.07) is 22.2. The van der Waals surface area contributed by atoms with Crippen molar-refractivity contribution in [3.05, 3.63) is 113 Å². The van der Waals surface area contributed by atoms with Crippen molar-refractivity contribution in [2.75, 3.05) is 25.6 Å². The summed E-state index contributed by atoms with van der Waals surface area (Å²) in [5, 5.41) is 0. The number of hydrogen-bond donors (Lipinski definition) is 0. The van der Waals surface area contributed by atoms with Gasteiger partial charge in [-0.2, -0.15) is 0 Å². The highest BCUT2D eigenvalue weighted by molar-refractivity contribution is 5.92. The van der Waals surface area contributed by atoms with Crippen LogP contribution in [-0.4, -0.2) is 32.6 Å². The second-order valence-electron chi connectivity index (χ2n) is 15.4. The number of carbonyl (C=O) groups is 2. The van der Waals surface area contributed by atoms with E-state index in [1.165, 1.54) is 108 Å². The van der Waals surface area contributed by atoms with Gasteiger partial charge >= 0.3 is 11.9 Å². The topological polar surface area (TPSA) is 68.9 Å². The molecule has 7 nitrogen and oxygen atoms in total. The van der Waals surface area contributed by atoms with Crippen LogP contribution in [0.1, 0.15) is 147 Å². The molecule has 0 aliphatic carbocycles.